The summed E-state index contributed by atoms with van der Waals surface area (Å²) in [5, 5.41) is 0. The fourth-order valence-corrected chi connectivity index (χ4v) is 4.58. The summed E-state index contributed by atoms with van der Waals surface area (Å²) in [6.45, 7) is 0.735. The highest BCUT2D eigenvalue weighted by Gasteiger charge is 2.37. The van der Waals surface area contributed by atoms with E-state index in [1.165, 1.54) is 4.31 Å². The van der Waals surface area contributed by atoms with Gasteiger partial charge in [-0.25, -0.2) is 8.42 Å². The first-order valence-electron chi connectivity index (χ1n) is 10.0. The molecule has 160 valence electrons. The van der Waals surface area contributed by atoms with Crippen molar-refractivity contribution < 1.29 is 17.9 Å². The molecule has 0 bridgehead atoms. The Bertz CT molecular complexity index is 1110. The summed E-state index contributed by atoms with van der Waals surface area (Å²) < 4.78 is 32.1. The van der Waals surface area contributed by atoms with Crippen molar-refractivity contribution in [2.45, 2.75) is 19.2 Å². The van der Waals surface area contributed by atoms with Crippen molar-refractivity contribution in [2.75, 3.05) is 17.1 Å². The van der Waals surface area contributed by atoms with Crippen LogP contribution in [0.1, 0.15) is 11.1 Å². The lowest BCUT2D eigenvalue weighted by Gasteiger charge is -2.36. The Morgan fingerprint density at radius 2 is 1.42 bits per heavy atom. The van der Waals surface area contributed by atoms with E-state index < -0.39 is 16.1 Å². The van der Waals surface area contributed by atoms with Crippen LogP contribution >= 0.6 is 0 Å². The molecular formula is C24H24N2O4S. The zero-order valence-electron chi connectivity index (χ0n) is 17.2. The van der Waals surface area contributed by atoms with Crippen LogP contribution < -0.4 is 9.04 Å². The third kappa shape index (κ3) is 4.88. The monoisotopic (exact) mass is 436 g/mol. The minimum atomic E-state index is -3.57. The molecule has 3 aromatic carbocycles. The van der Waals surface area contributed by atoms with Gasteiger partial charge in [-0.05, 0) is 23.3 Å². The maximum Gasteiger partial charge on any atom is 0.266 e. The van der Waals surface area contributed by atoms with Gasteiger partial charge in [-0.1, -0.05) is 72.8 Å². The molecule has 0 radical (unpaired) electrons. The Kier molecular flexibility index (Phi) is 5.95. The van der Waals surface area contributed by atoms with E-state index in [1.807, 2.05) is 60.7 Å². The molecule has 0 aromatic heterocycles. The van der Waals surface area contributed by atoms with Crippen LogP contribution in [0, 0.1) is 0 Å². The number of nitrogens with zero attached hydrogens (tertiary/aromatic N) is 2. The van der Waals surface area contributed by atoms with Crippen LogP contribution in [-0.4, -0.2) is 38.1 Å². The minimum Gasteiger partial charge on any atom is -0.476 e. The summed E-state index contributed by atoms with van der Waals surface area (Å²) in [6, 6.07) is 26.3. The number of carbonyl (C=O) groups excluding carboxylic acids is 1. The van der Waals surface area contributed by atoms with E-state index in [4.69, 9.17) is 4.74 Å². The van der Waals surface area contributed by atoms with Gasteiger partial charge in [0.15, 0.2) is 6.10 Å². The molecule has 0 fully saturated rings. The topological polar surface area (TPSA) is 66.9 Å². The van der Waals surface area contributed by atoms with Crippen molar-refractivity contribution in [3.8, 4) is 5.75 Å². The lowest BCUT2D eigenvalue weighted by Crippen LogP contribution is -2.51. The van der Waals surface area contributed by atoms with Crippen LogP contribution in [0.2, 0.25) is 0 Å². The molecule has 1 amide bonds. The number of hydrogen-bond donors (Lipinski definition) is 0. The van der Waals surface area contributed by atoms with E-state index in [1.54, 1.807) is 29.2 Å². The van der Waals surface area contributed by atoms with Gasteiger partial charge in [0.2, 0.25) is 10.0 Å². The fraction of sp³-hybridized carbons (Fsp3) is 0.208. The molecule has 7 heteroatoms. The van der Waals surface area contributed by atoms with Crippen molar-refractivity contribution in [2.24, 2.45) is 0 Å². The SMILES string of the molecule is CS(=O)(=O)N1C[C@H](C(=O)N(Cc2ccccc2)Cc2ccccc2)Oc2ccccc21. The maximum atomic E-state index is 13.6. The van der Waals surface area contributed by atoms with Crippen molar-refractivity contribution in [1.82, 2.24) is 4.90 Å². The number of carbonyl (C=O) groups is 1. The number of fused-ring (bicyclic) bond motifs is 1. The molecule has 1 aliphatic heterocycles. The largest absolute Gasteiger partial charge is 0.476 e. The Labute approximate surface area is 182 Å². The Hall–Kier alpha value is -3.32. The van der Waals surface area contributed by atoms with Crippen LogP contribution in [0.25, 0.3) is 0 Å². The zero-order chi connectivity index (χ0) is 21.8. The number of benzene rings is 3. The smallest absolute Gasteiger partial charge is 0.266 e. The average molecular weight is 437 g/mol. The molecule has 1 atom stereocenters. The second-order valence-corrected chi connectivity index (χ2v) is 9.44. The van der Waals surface area contributed by atoms with Crippen LogP contribution in [0.3, 0.4) is 0 Å². The molecule has 0 spiro atoms. The first-order chi connectivity index (χ1) is 14.9. The molecular weight excluding hydrogens is 412 g/mol. The normalized spacial score (nSPS) is 15.6. The zero-order valence-corrected chi connectivity index (χ0v) is 18.0. The van der Waals surface area contributed by atoms with Gasteiger partial charge >= 0.3 is 0 Å². The summed E-state index contributed by atoms with van der Waals surface area (Å²) in [5.74, 6) is 0.132. The van der Waals surface area contributed by atoms with Gasteiger partial charge in [0.1, 0.15) is 5.75 Å². The number of sulfonamides is 1. The predicted molar refractivity (Wildman–Crippen MR) is 120 cm³/mol. The highest BCUT2D eigenvalue weighted by Crippen LogP contribution is 2.35. The first kappa shape index (κ1) is 20.9. The van der Waals surface area contributed by atoms with Gasteiger partial charge in [-0.2, -0.15) is 0 Å². The van der Waals surface area contributed by atoms with Gasteiger partial charge < -0.3 is 9.64 Å². The number of rotatable bonds is 6. The van der Waals surface area contributed by atoms with Crippen molar-refractivity contribution in [3.05, 3.63) is 96.1 Å². The first-order valence-corrected chi connectivity index (χ1v) is 11.9. The van der Waals surface area contributed by atoms with E-state index in [9.17, 15) is 13.2 Å². The molecule has 1 heterocycles. The Balaban J connectivity index is 1.64. The lowest BCUT2D eigenvalue weighted by atomic mass is 10.1. The van der Waals surface area contributed by atoms with Gasteiger partial charge in [0, 0.05) is 13.1 Å². The average Bonchev–Trinajstić information content (AvgIpc) is 2.78. The molecule has 1 aliphatic rings. The molecule has 0 saturated heterocycles. The van der Waals surface area contributed by atoms with Gasteiger partial charge in [-0.3, -0.25) is 9.10 Å². The third-order valence-electron chi connectivity index (χ3n) is 5.15. The predicted octanol–water partition coefficient (Wildman–Crippen LogP) is 3.44. The molecule has 0 unspecified atom stereocenters. The summed E-state index contributed by atoms with van der Waals surface area (Å²) in [6.07, 6.45) is 0.208. The standard InChI is InChI=1S/C24H24N2O4S/c1-31(28,29)26-18-23(30-22-15-9-8-14-21(22)26)24(27)25(16-19-10-4-2-5-11-19)17-20-12-6-3-7-13-20/h2-15,23H,16-18H2,1H3/t23-/m1/s1. The molecule has 4 rings (SSSR count). The number of ether oxygens (including phenoxy) is 1. The Morgan fingerprint density at radius 1 is 0.903 bits per heavy atom. The highest BCUT2D eigenvalue weighted by molar-refractivity contribution is 7.92. The molecule has 31 heavy (non-hydrogen) atoms. The lowest BCUT2D eigenvalue weighted by molar-refractivity contribution is -0.139. The third-order valence-corrected chi connectivity index (χ3v) is 6.30. The second kappa shape index (κ2) is 8.81. The molecule has 0 saturated carbocycles. The number of hydrogen-bond acceptors (Lipinski definition) is 4. The van der Waals surface area contributed by atoms with Crippen LogP contribution in [0.5, 0.6) is 5.75 Å². The molecule has 0 N–H and O–H groups in total. The van der Waals surface area contributed by atoms with Crippen LogP contribution in [0.15, 0.2) is 84.9 Å². The summed E-state index contributed by atoms with van der Waals surface area (Å²) >= 11 is 0. The fourth-order valence-electron chi connectivity index (χ4n) is 3.67. The number of amides is 1. The quantitative estimate of drug-likeness (QED) is 0.594. The molecule has 3 aromatic rings. The van der Waals surface area contributed by atoms with Gasteiger partial charge in [-0.15, -0.1) is 0 Å². The van der Waals surface area contributed by atoms with E-state index in [0.717, 1.165) is 17.4 Å². The van der Waals surface area contributed by atoms with Gasteiger partial charge in [0.05, 0.1) is 18.5 Å². The van der Waals surface area contributed by atoms with E-state index in [2.05, 4.69) is 0 Å². The molecule has 6 nitrogen and oxygen atoms in total. The van der Waals surface area contributed by atoms with E-state index in [-0.39, 0.29) is 12.5 Å². The van der Waals surface area contributed by atoms with Crippen molar-refractivity contribution in [1.29, 1.82) is 0 Å². The summed E-state index contributed by atoms with van der Waals surface area (Å²) in [5.41, 5.74) is 2.43. The Morgan fingerprint density at radius 3 is 1.97 bits per heavy atom. The van der Waals surface area contributed by atoms with Gasteiger partial charge in [0.25, 0.3) is 5.91 Å². The molecule has 0 aliphatic carbocycles. The van der Waals surface area contributed by atoms with Crippen molar-refractivity contribution >= 4 is 21.6 Å². The van der Waals surface area contributed by atoms with Crippen LogP contribution in [-0.2, 0) is 27.9 Å². The number of anilines is 1. The van der Waals surface area contributed by atoms with Crippen molar-refractivity contribution in [3.63, 3.8) is 0 Å². The second-order valence-electron chi connectivity index (χ2n) is 7.53. The summed E-state index contributed by atoms with van der Waals surface area (Å²) in [4.78, 5) is 15.3. The van der Waals surface area contributed by atoms with E-state index in [0.29, 0.717) is 24.5 Å². The summed E-state index contributed by atoms with van der Waals surface area (Å²) in [7, 11) is -3.57. The maximum absolute atomic E-state index is 13.6. The van der Waals surface area contributed by atoms with Crippen LogP contribution in [0.4, 0.5) is 5.69 Å². The number of para-hydroxylation sites is 2. The minimum absolute atomic E-state index is 0.0608. The highest BCUT2D eigenvalue weighted by atomic mass is 32.2. The van der Waals surface area contributed by atoms with E-state index >= 15 is 0 Å².